The van der Waals surface area contributed by atoms with Gasteiger partial charge in [-0.15, -0.1) is 0 Å². The van der Waals surface area contributed by atoms with E-state index < -0.39 is 0 Å². The highest BCUT2D eigenvalue weighted by atomic mass is 15.5. The second kappa shape index (κ2) is 5.22. The molecule has 0 saturated heterocycles. The van der Waals surface area contributed by atoms with Crippen molar-refractivity contribution in [3.63, 3.8) is 0 Å². The maximum absolute atomic E-state index is 4.53. The van der Waals surface area contributed by atoms with Crippen molar-refractivity contribution in [1.82, 2.24) is 4.90 Å². The molecular formula is C10H24N3+. The van der Waals surface area contributed by atoms with Crippen LogP contribution < -0.4 is 0 Å². The van der Waals surface area contributed by atoms with Crippen molar-refractivity contribution in [3.05, 3.63) is 0 Å². The van der Waals surface area contributed by atoms with Gasteiger partial charge in [0.15, 0.2) is 0 Å². The summed E-state index contributed by atoms with van der Waals surface area (Å²) in [6, 6.07) is 0. The summed E-state index contributed by atoms with van der Waals surface area (Å²) in [4.78, 5) is 6.64. The average Bonchev–Trinajstić information content (AvgIpc) is 1.99. The van der Waals surface area contributed by atoms with Gasteiger partial charge in [0.25, 0.3) is 5.96 Å². The van der Waals surface area contributed by atoms with E-state index in [9.17, 15) is 0 Å². The van der Waals surface area contributed by atoms with Crippen LogP contribution >= 0.6 is 0 Å². The van der Waals surface area contributed by atoms with Crippen LogP contribution in [0.3, 0.4) is 0 Å². The van der Waals surface area contributed by atoms with Gasteiger partial charge < -0.3 is 4.90 Å². The monoisotopic (exact) mass is 186 g/mol. The number of hydrogen-bond donors (Lipinski definition) is 0. The van der Waals surface area contributed by atoms with Crippen molar-refractivity contribution in [2.75, 3.05) is 41.3 Å². The number of quaternary nitrogens is 1. The van der Waals surface area contributed by atoms with Crippen molar-refractivity contribution in [3.8, 4) is 0 Å². The van der Waals surface area contributed by atoms with Crippen LogP contribution in [0.25, 0.3) is 0 Å². The topological polar surface area (TPSA) is 15.6 Å². The van der Waals surface area contributed by atoms with Crippen molar-refractivity contribution in [2.45, 2.75) is 20.3 Å². The third-order valence-corrected chi connectivity index (χ3v) is 2.02. The molecular weight excluding hydrogens is 162 g/mol. The minimum atomic E-state index is 0.860. The normalized spacial score (nSPS) is 13.2. The van der Waals surface area contributed by atoms with Gasteiger partial charge in [0.1, 0.15) is 0 Å². The molecule has 0 aliphatic rings. The van der Waals surface area contributed by atoms with Gasteiger partial charge in [-0.1, -0.05) is 6.92 Å². The lowest BCUT2D eigenvalue weighted by Crippen LogP contribution is -2.52. The molecule has 0 heterocycles. The number of guanidine groups is 1. The van der Waals surface area contributed by atoms with Crippen LogP contribution in [-0.4, -0.2) is 56.6 Å². The minimum absolute atomic E-state index is 0.860. The first kappa shape index (κ1) is 12.4. The second-order valence-corrected chi connectivity index (χ2v) is 4.08. The quantitative estimate of drug-likeness (QED) is 0.370. The number of hydrogen-bond acceptors (Lipinski definition) is 1. The molecule has 0 aliphatic carbocycles. The van der Waals surface area contributed by atoms with Gasteiger partial charge in [-0.2, -0.15) is 0 Å². The number of rotatable bonds is 3. The summed E-state index contributed by atoms with van der Waals surface area (Å²) < 4.78 is 0.872. The van der Waals surface area contributed by atoms with Crippen LogP contribution in [-0.2, 0) is 0 Å². The average molecular weight is 186 g/mol. The summed E-state index contributed by atoms with van der Waals surface area (Å²) in [5.74, 6) is 1.16. The fraction of sp³-hybridized carbons (Fsp3) is 0.900. The molecule has 0 aromatic rings. The summed E-state index contributed by atoms with van der Waals surface area (Å²) in [6.45, 7) is 6.28. The highest BCUT2D eigenvalue weighted by Crippen LogP contribution is 2.04. The Labute approximate surface area is 82.6 Å². The van der Waals surface area contributed by atoms with E-state index in [1.54, 1.807) is 0 Å². The molecule has 0 radical (unpaired) electrons. The number of aliphatic imine (C=N–C) groups is 1. The summed E-state index contributed by atoms with van der Waals surface area (Å²) in [5.41, 5.74) is 0. The highest BCUT2D eigenvalue weighted by Gasteiger charge is 2.24. The molecule has 0 spiro atoms. The Bertz CT molecular complexity index is 171. The predicted octanol–water partition coefficient (Wildman–Crippen LogP) is 1.41. The molecule has 3 heteroatoms. The van der Waals surface area contributed by atoms with E-state index in [4.69, 9.17) is 0 Å². The first-order valence-corrected chi connectivity index (χ1v) is 5.01. The molecule has 0 aromatic heterocycles. The molecule has 78 valence electrons. The molecule has 0 aliphatic heterocycles. The Balaban J connectivity index is 4.62. The molecule has 13 heavy (non-hydrogen) atoms. The van der Waals surface area contributed by atoms with Gasteiger partial charge in [0.05, 0.1) is 20.6 Å². The first-order valence-electron chi connectivity index (χ1n) is 5.01. The van der Waals surface area contributed by atoms with Crippen molar-refractivity contribution >= 4 is 5.96 Å². The zero-order valence-corrected chi connectivity index (χ0v) is 9.96. The van der Waals surface area contributed by atoms with Crippen LogP contribution in [0.15, 0.2) is 4.99 Å². The fourth-order valence-electron chi connectivity index (χ4n) is 1.67. The number of nitrogens with zero attached hydrogens (tertiary/aromatic N) is 3. The molecule has 0 saturated carbocycles. The Kier molecular flexibility index (Phi) is 4.99. The van der Waals surface area contributed by atoms with E-state index in [2.05, 4.69) is 51.9 Å². The third-order valence-electron chi connectivity index (χ3n) is 2.02. The molecule has 0 atom stereocenters. The van der Waals surface area contributed by atoms with E-state index in [1.807, 2.05) is 0 Å². The van der Waals surface area contributed by atoms with Gasteiger partial charge in [0, 0.05) is 20.6 Å². The van der Waals surface area contributed by atoms with Crippen molar-refractivity contribution in [2.24, 2.45) is 4.99 Å². The lowest BCUT2D eigenvalue weighted by Gasteiger charge is -2.32. The van der Waals surface area contributed by atoms with Crippen LogP contribution in [0.1, 0.15) is 20.3 Å². The fourth-order valence-corrected chi connectivity index (χ4v) is 1.67. The van der Waals surface area contributed by atoms with E-state index in [0.29, 0.717) is 0 Å². The third kappa shape index (κ3) is 3.77. The first-order chi connectivity index (χ1) is 5.95. The van der Waals surface area contributed by atoms with Crippen LogP contribution in [0.5, 0.6) is 0 Å². The molecule has 0 amide bonds. The van der Waals surface area contributed by atoms with Crippen molar-refractivity contribution in [1.29, 1.82) is 0 Å². The predicted molar refractivity (Wildman–Crippen MR) is 58.9 cm³/mol. The van der Waals surface area contributed by atoms with Crippen LogP contribution in [0, 0.1) is 0 Å². The van der Waals surface area contributed by atoms with Crippen LogP contribution in [0.4, 0.5) is 0 Å². The maximum atomic E-state index is 4.53. The van der Waals surface area contributed by atoms with Crippen molar-refractivity contribution < 1.29 is 4.48 Å². The largest absolute Gasteiger partial charge is 0.317 e. The molecule has 0 N–H and O–H groups in total. The van der Waals surface area contributed by atoms with E-state index in [-0.39, 0.29) is 0 Å². The minimum Gasteiger partial charge on any atom is -0.317 e. The summed E-state index contributed by atoms with van der Waals surface area (Å²) in [5, 5.41) is 0. The van der Waals surface area contributed by atoms with E-state index in [1.165, 1.54) is 6.42 Å². The highest BCUT2D eigenvalue weighted by molar-refractivity contribution is 5.72. The SMILES string of the molecule is CCC[N+](C)(C)C(=NCC)N(C)C. The lowest BCUT2D eigenvalue weighted by atomic mass is 10.4. The zero-order valence-electron chi connectivity index (χ0n) is 9.96. The molecule has 0 bridgehead atoms. The second-order valence-electron chi connectivity index (χ2n) is 4.08. The standard InChI is InChI=1S/C10H24N3/c1-7-9-13(5,6)10(11-8-2)12(3)4/h7-9H2,1-6H3/q+1. The molecule has 0 fully saturated rings. The molecule has 0 aromatic carbocycles. The van der Waals surface area contributed by atoms with E-state index in [0.717, 1.165) is 23.5 Å². The zero-order chi connectivity index (χ0) is 10.5. The van der Waals surface area contributed by atoms with Gasteiger partial charge in [-0.3, -0.25) is 4.48 Å². The maximum Gasteiger partial charge on any atom is 0.299 e. The Hall–Kier alpha value is -0.570. The lowest BCUT2D eigenvalue weighted by molar-refractivity contribution is -0.805. The smallest absolute Gasteiger partial charge is 0.299 e. The Morgan fingerprint density at radius 2 is 1.77 bits per heavy atom. The summed E-state index contributed by atoms with van der Waals surface area (Å²) >= 11 is 0. The Morgan fingerprint density at radius 3 is 2.08 bits per heavy atom. The van der Waals surface area contributed by atoms with Gasteiger partial charge in [-0.25, -0.2) is 4.99 Å². The Morgan fingerprint density at radius 1 is 1.23 bits per heavy atom. The molecule has 0 rings (SSSR count). The van der Waals surface area contributed by atoms with Crippen LogP contribution in [0.2, 0.25) is 0 Å². The summed E-state index contributed by atoms with van der Waals surface area (Å²) in [7, 11) is 8.53. The molecule has 3 nitrogen and oxygen atoms in total. The van der Waals surface area contributed by atoms with Gasteiger partial charge in [-0.05, 0) is 13.3 Å². The van der Waals surface area contributed by atoms with Gasteiger partial charge >= 0.3 is 0 Å². The van der Waals surface area contributed by atoms with E-state index >= 15 is 0 Å². The van der Waals surface area contributed by atoms with Gasteiger partial charge in [0.2, 0.25) is 0 Å². The molecule has 0 unspecified atom stereocenters. The summed E-state index contributed by atoms with van der Waals surface area (Å²) in [6.07, 6.45) is 1.18.